The van der Waals surface area contributed by atoms with Crippen LogP contribution >= 0.6 is 0 Å². The Hall–Kier alpha value is -1.87. The topological polar surface area (TPSA) is 34.1 Å². The van der Waals surface area contributed by atoms with Crippen LogP contribution in [-0.2, 0) is 13.0 Å². The molecule has 0 radical (unpaired) electrons. The van der Waals surface area contributed by atoms with Crippen LogP contribution in [0, 0.1) is 0 Å². The van der Waals surface area contributed by atoms with Crippen LogP contribution in [0.3, 0.4) is 0 Å². The van der Waals surface area contributed by atoms with Gasteiger partial charge >= 0.3 is 0 Å². The van der Waals surface area contributed by atoms with Crippen molar-refractivity contribution in [3.8, 4) is 5.75 Å². The SMILES string of the molecule is COc1cccc(CCNCc2ccccn2)c1. The molecule has 2 rings (SSSR count). The molecule has 0 saturated carbocycles. The highest BCUT2D eigenvalue weighted by molar-refractivity contribution is 5.28. The molecule has 2 aromatic rings. The Labute approximate surface area is 108 Å². The fourth-order valence-corrected chi connectivity index (χ4v) is 1.78. The van der Waals surface area contributed by atoms with Crippen LogP contribution in [0.15, 0.2) is 48.7 Å². The van der Waals surface area contributed by atoms with Crippen LogP contribution in [0.2, 0.25) is 0 Å². The minimum Gasteiger partial charge on any atom is -0.497 e. The van der Waals surface area contributed by atoms with Gasteiger partial charge in [0, 0.05) is 12.7 Å². The van der Waals surface area contributed by atoms with Gasteiger partial charge in [-0.25, -0.2) is 0 Å². The van der Waals surface area contributed by atoms with Gasteiger partial charge in [0.1, 0.15) is 5.75 Å². The van der Waals surface area contributed by atoms with Crippen molar-refractivity contribution in [2.24, 2.45) is 0 Å². The molecule has 0 bridgehead atoms. The first-order valence-corrected chi connectivity index (χ1v) is 6.12. The van der Waals surface area contributed by atoms with Gasteiger partial charge in [0.2, 0.25) is 0 Å². The fourth-order valence-electron chi connectivity index (χ4n) is 1.78. The predicted octanol–water partition coefficient (Wildman–Crippen LogP) is 2.42. The number of pyridine rings is 1. The lowest BCUT2D eigenvalue weighted by atomic mass is 10.1. The maximum atomic E-state index is 5.20. The molecular weight excluding hydrogens is 224 g/mol. The summed E-state index contributed by atoms with van der Waals surface area (Å²) in [6, 6.07) is 14.1. The van der Waals surface area contributed by atoms with Gasteiger partial charge in [-0.2, -0.15) is 0 Å². The van der Waals surface area contributed by atoms with Crippen LogP contribution in [0.4, 0.5) is 0 Å². The van der Waals surface area contributed by atoms with E-state index in [-0.39, 0.29) is 0 Å². The maximum Gasteiger partial charge on any atom is 0.119 e. The molecule has 3 nitrogen and oxygen atoms in total. The Morgan fingerprint density at radius 3 is 2.89 bits per heavy atom. The van der Waals surface area contributed by atoms with E-state index in [1.807, 2.05) is 36.5 Å². The summed E-state index contributed by atoms with van der Waals surface area (Å²) in [6.07, 6.45) is 2.81. The molecule has 1 aromatic carbocycles. The summed E-state index contributed by atoms with van der Waals surface area (Å²) in [4.78, 5) is 4.27. The second-order valence-corrected chi connectivity index (χ2v) is 4.10. The summed E-state index contributed by atoms with van der Waals surface area (Å²) in [5, 5.41) is 3.38. The molecule has 1 N–H and O–H groups in total. The van der Waals surface area contributed by atoms with Crippen molar-refractivity contribution in [2.45, 2.75) is 13.0 Å². The minimum absolute atomic E-state index is 0.810. The van der Waals surface area contributed by atoms with Gasteiger partial charge < -0.3 is 10.1 Å². The number of benzene rings is 1. The number of hydrogen-bond donors (Lipinski definition) is 1. The number of nitrogens with one attached hydrogen (secondary N) is 1. The highest BCUT2D eigenvalue weighted by Gasteiger charge is 1.96. The number of methoxy groups -OCH3 is 1. The Morgan fingerprint density at radius 1 is 1.17 bits per heavy atom. The summed E-state index contributed by atoms with van der Waals surface area (Å²) in [6.45, 7) is 1.74. The summed E-state index contributed by atoms with van der Waals surface area (Å²) >= 11 is 0. The molecule has 18 heavy (non-hydrogen) atoms. The summed E-state index contributed by atoms with van der Waals surface area (Å²) in [7, 11) is 1.69. The molecular formula is C15H18N2O. The quantitative estimate of drug-likeness (QED) is 0.790. The molecule has 0 unspecified atom stereocenters. The van der Waals surface area contributed by atoms with Crippen LogP contribution in [0.1, 0.15) is 11.3 Å². The number of rotatable bonds is 6. The fraction of sp³-hybridized carbons (Fsp3) is 0.267. The number of aromatic nitrogens is 1. The third kappa shape index (κ3) is 3.86. The lowest BCUT2D eigenvalue weighted by Gasteiger charge is -2.06. The molecule has 3 heteroatoms. The first kappa shape index (κ1) is 12.6. The average Bonchev–Trinajstić information content (AvgIpc) is 2.45. The summed E-state index contributed by atoms with van der Waals surface area (Å²) < 4.78 is 5.20. The lowest BCUT2D eigenvalue weighted by molar-refractivity contribution is 0.414. The third-order valence-electron chi connectivity index (χ3n) is 2.76. The zero-order valence-electron chi connectivity index (χ0n) is 10.6. The van der Waals surface area contributed by atoms with Crippen molar-refractivity contribution in [2.75, 3.05) is 13.7 Å². The molecule has 1 heterocycles. The van der Waals surface area contributed by atoms with Gasteiger partial charge in [-0.3, -0.25) is 4.98 Å². The van der Waals surface area contributed by atoms with Gasteiger partial charge in [-0.1, -0.05) is 18.2 Å². The zero-order chi connectivity index (χ0) is 12.6. The van der Waals surface area contributed by atoms with Crippen molar-refractivity contribution in [1.29, 1.82) is 0 Å². The molecule has 94 valence electrons. The van der Waals surface area contributed by atoms with Gasteiger partial charge in [0.15, 0.2) is 0 Å². The monoisotopic (exact) mass is 242 g/mol. The second-order valence-electron chi connectivity index (χ2n) is 4.10. The van der Waals surface area contributed by atoms with E-state index in [1.165, 1.54) is 5.56 Å². The molecule has 1 aromatic heterocycles. The smallest absolute Gasteiger partial charge is 0.119 e. The highest BCUT2D eigenvalue weighted by Crippen LogP contribution is 2.12. The molecule has 0 atom stereocenters. The molecule has 0 amide bonds. The predicted molar refractivity (Wildman–Crippen MR) is 72.6 cm³/mol. The largest absolute Gasteiger partial charge is 0.497 e. The van der Waals surface area contributed by atoms with Crippen molar-refractivity contribution in [1.82, 2.24) is 10.3 Å². The second kappa shape index (κ2) is 6.77. The van der Waals surface area contributed by atoms with Crippen molar-refractivity contribution in [3.63, 3.8) is 0 Å². The first-order chi connectivity index (χ1) is 8.88. The zero-order valence-corrected chi connectivity index (χ0v) is 10.6. The van der Waals surface area contributed by atoms with E-state index in [9.17, 15) is 0 Å². The van der Waals surface area contributed by atoms with E-state index in [0.717, 1.165) is 31.0 Å². The molecule has 0 aliphatic heterocycles. The van der Waals surface area contributed by atoms with Crippen molar-refractivity contribution in [3.05, 3.63) is 59.9 Å². The highest BCUT2D eigenvalue weighted by atomic mass is 16.5. The van der Waals surface area contributed by atoms with Gasteiger partial charge in [0.05, 0.1) is 12.8 Å². The van der Waals surface area contributed by atoms with Gasteiger partial charge in [-0.05, 0) is 42.8 Å². The molecule has 0 aliphatic carbocycles. The van der Waals surface area contributed by atoms with Crippen LogP contribution in [0.5, 0.6) is 5.75 Å². The van der Waals surface area contributed by atoms with Crippen LogP contribution in [0.25, 0.3) is 0 Å². The van der Waals surface area contributed by atoms with Crippen LogP contribution in [-0.4, -0.2) is 18.6 Å². The summed E-state index contributed by atoms with van der Waals surface area (Å²) in [5.41, 5.74) is 2.35. The third-order valence-corrected chi connectivity index (χ3v) is 2.76. The first-order valence-electron chi connectivity index (χ1n) is 6.12. The van der Waals surface area contributed by atoms with E-state index in [4.69, 9.17) is 4.74 Å². The Balaban J connectivity index is 1.75. The maximum absolute atomic E-state index is 5.20. The van der Waals surface area contributed by atoms with E-state index in [1.54, 1.807) is 7.11 Å². The number of ether oxygens (including phenoxy) is 1. The van der Waals surface area contributed by atoms with E-state index < -0.39 is 0 Å². The standard InChI is InChI=1S/C15H18N2O/c1-18-15-7-4-5-13(11-15)8-10-16-12-14-6-2-3-9-17-14/h2-7,9,11,16H,8,10,12H2,1H3. The van der Waals surface area contributed by atoms with E-state index in [0.29, 0.717) is 0 Å². The average molecular weight is 242 g/mol. The van der Waals surface area contributed by atoms with Crippen LogP contribution < -0.4 is 10.1 Å². The Morgan fingerprint density at radius 2 is 2.11 bits per heavy atom. The molecule has 0 aliphatic rings. The lowest BCUT2D eigenvalue weighted by Crippen LogP contribution is -2.17. The van der Waals surface area contributed by atoms with Gasteiger partial charge in [0.25, 0.3) is 0 Å². The van der Waals surface area contributed by atoms with Crippen molar-refractivity contribution < 1.29 is 4.74 Å². The van der Waals surface area contributed by atoms with E-state index in [2.05, 4.69) is 22.4 Å². The molecule has 0 fully saturated rings. The number of hydrogen-bond acceptors (Lipinski definition) is 3. The Kier molecular flexibility index (Phi) is 4.73. The molecule has 0 spiro atoms. The van der Waals surface area contributed by atoms with Crippen molar-refractivity contribution >= 4 is 0 Å². The van der Waals surface area contributed by atoms with Gasteiger partial charge in [-0.15, -0.1) is 0 Å². The minimum atomic E-state index is 0.810. The summed E-state index contributed by atoms with van der Waals surface area (Å²) in [5.74, 6) is 0.914. The number of nitrogens with zero attached hydrogens (tertiary/aromatic N) is 1. The van der Waals surface area contributed by atoms with E-state index >= 15 is 0 Å². The Bertz CT molecular complexity index is 471. The normalized spacial score (nSPS) is 10.3. The molecule has 0 saturated heterocycles.